The van der Waals surface area contributed by atoms with Crippen molar-refractivity contribution in [1.82, 2.24) is 14.5 Å². The summed E-state index contributed by atoms with van der Waals surface area (Å²) in [6, 6.07) is 9.22. The second kappa shape index (κ2) is 6.98. The molecule has 0 N–H and O–H groups in total. The summed E-state index contributed by atoms with van der Waals surface area (Å²) in [5.74, 6) is 7.97. The fourth-order valence-electron chi connectivity index (χ4n) is 3.08. The summed E-state index contributed by atoms with van der Waals surface area (Å²) < 4.78 is 7.63. The number of furan rings is 1. The number of aryl methyl sites for hydroxylation is 2. The van der Waals surface area contributed by atoms with Gasteiger partial charge in [0.1, 0.15) is 5.76 Å². The molecule has 2 aromatic heterocycles. The van der Waals surface area contributed by atoms with E-state index in [9.17, 15) is 4.79 Å². The third kappa shape index (κ3) is 3.49. The summed E-state index contributed by atoms with van der Waals surface area (Å²) in [6.07, 6.45) is 1.78. The number of hydrogen-bond donors (Lipinski definition) is 0. The van der Waals surface area contributed by atoms with Gasteiger partial charge in [-0.1, -0.05) is 23.6 Å². The van der Waals surface area contributed by atoms with Crippen LogP contribution in [0.5, 0.6) is 0 Å². The quantitative estimate of drug-likeness (QED) is 0.604. The Balaban J connectivity index is 1.53. The van der Waals surface area contributed by atoms with Crippen molar-refractivity contribution >= 4 is 17.5 Å². The molecule has 136 valence electrons. The molecule has 0 radical (unpaired) electrons. The SMILES string of the molecule is Cc1cc(C(=O)N2CCn3c(cnc3C#Cc3cccc(Cl)c3)C2)oc1C. The van der Waals surface area contributed by atoms with Crippen LogP contribution in [-0.2, 0) is 13.1 Å². The zero-order chi connectivity index (χ0) is 19.0. The first-order valence-electron chi connectivity index (χ1n) is 8.69. The van der Waals surface area contributed by atoms with E-state index in [-0.39, 0.29) is 5.91 Å². The van der Waals surface area contributed by atoms with Crippen molar-refractivity contribution in [3.05, 3.63) is 75.7 Å². The highest BCUT2D eigenvalue weighted by Crippen LogP contribution is 2.20. The van der Waals surface area contributed by atoms with E-state index in [1.54, 1.807) is 17.2 Å². The molecule has 3 aromatic rings. The molecule has 0 fully saturated rings. The van der Waals surface area contributed by atoms with Crippen molar-refractivity contribution in [1.29, 1.82) is 0 Å². The number of halogens is 1. The van der Waals surface area contributed by atoms with Crippen LogP contribution >= 0.6 is 11.6 Å². The third-order valence-corrected chi connectivity index (χ3v) is 4.93. The molecule has 0 atom stereocenters. The second-order valence-corrected chi connectivity index (χ2v) is 7.00. The van der Waals surface area contributed by atoms with Crippen molar-refractivity contribution in [3.63, 3.8) is 0 Å². The van der Waals surface area contributed by atoms with Crippen LogP contribution in [0, 0.1) is 25.7 Å². The molecular formula is C21H18ClN3O2. The van der Waals surface area contributed by atoms with Crippen LogP contribution < -0.4 is 0 Å². The number of hydrogen-bond acceptors (Lipinski definition) is 3. The Labute approximate surface area is 162 Å². The number of carbonyl (C=O) groups is 1. The topological polar surface area (TPSA) is 51.3 Å². The Hall–Kier alpha value is -2.97. The predicted molar refractivity (Wildman–Crippen MR) is 103 cm³/mol. The summed E-state index contributed by atoms with van der Waals surface area (Å²) in [6.45, 7) is 5.53. The number of fused-ring (bicyclic) bond motifs is 1. The van der Waals surface area contributed by atoms with Crippen molar-refractivity contribution < 1.29 is 9.21 Å². The molecule has 0 saturated carbocycles. The van der Waals surface area contributed by atoms with Crippen LogP contribution in [0.1, 0.15) is 39.0 Å². The maximum absolute atomic E-state index is 12.7. The lowest BCUT2D eigenvalue weighted by Crippen LogP contribution is -2.38. The van der Waals surface area contributed by atoms with E-state index in [0.29, 0.717) is 36.2 Å². The van der Waals surface area contributed by atoms with Crippen molar-refractivity contribution in [2.75, 3.05) is 6.54 Å². The summed E-state index contributed by atoms with van der Waals surface area (Å²) in [5, 5.41) is 0.657. The average Bonchev–Trinajstić information content (AvgIpc) is 3.22. The molecular weight excluding hydrogens is 362 g/mol. The molecule has 27 heavy (non-hydrogen) atoms. The standard InChI is InChI=1S/C21H18ClN3O2/c1-14-10-19(27-15(14)2)21(26)24-8-9-25-18(13-24)12-23-20(25)7-6-16-4-3-5-17(22)11-16/h3-5,10-12H,8-9,13H2,1-2H3. The van der Waals surface area contributed by atoms with Gasteiger partial charge in [0, 0.05) is 23.7 Å². The van der Waals surface area contributed by atoms with Gasteiger partial charge < -0.3 is 13.9 Å². The summed E-state index contributed by atoms with van der Waals surface area (Å²) in [4.78, 5) is 18.9. The molecule has 3 heterocycles. The van der Waals surface area contributed by atoms with Gasteiger partial charge in [0.2, 0.25) is 0 Å². The van der Waals surface area contributed by atoms with E-state index in [0.717, 1.165) is 22.6 Å². The molecule has 1 aliphatic rings. The van der Waals surface area contributed by atoms with Crippen LogP contribution in [0.3, 0.4) is 0 Å². The monoisotopic (exact) mass is 379 g/mol. The number of imidazole rings is 1. The smallest absolute Gasteiger partial charge is 0.289 e. The van der Waals surface area contributed by atoms with Crippen LogP contribution in [0.15, 0.2) is 40.9 Å². The third-order valence-electron chi connectivity index (χ3n) is 4.69. The van der Waals surface area contributed by atoms with Crippen molar-refractivity contribution in [2.45, 2.75) is 26.9 Å². The van der Waals surface area contributed by atoms with Gasteiger partial charge in [-0.25, -0.2) is 4.98 Å². The summed E-state index contributed by atoms with van der Waals surface area (Å²) in [5.41, 5.74) is 2.79. The van der Waals surface area contributed by atoms with E-state index in [4.69, 9.17) is 16.0 Å². The minimum absolute atomic E-state index is 0.0924. The zero-order valence-corrected chi connectivity index (χ0v) is 15.9. The molecule has 5 nitrogen and oxygen atoms in total. The van der Waals surface area contributed by atoms with E-state index in [1.807, 2.05) is 38.1 Å². The number of amides is 1. The molecule has 1 aromatic carbocycles. The number of aromatic nitrogens is 2. The maximum Gasteiger partial charge on any atom is 0.289 e. The molecule has 1 amide bonds. The molecule has 1 aliphatic heterocycles. The lowest BCUT2D eigenvalue weighted by atomic mass is 10.2. The Bertz CT molecular complexity index is 1070. The van der Waals surface area contributed by atoms with Crippen LogP contribution in [-0.4, -0.2) is 26.9 Å². The Morgan fingerprint density at radius 3 is 2.81 bits per heavy atom. The first-order chi connectivity index (χ1) is 13.0. The number of carbonyl (C=O) groups excluding carboxylic acids is 1. The number of benzene rings is 1. The van der Waals surface area contributed by atoms with Crippen LogP contribution in [0.4, 0.5) is 0 Å². The molecule has 6 heteroatoms. The van der Waals surface area contributed by atoms with Crippen molar-refractivity contribution in [2.24, 2.45) is 0 Å². The van der Waals surface area contributed by atoms with E-state index < -0.39 is 0 Å². The lowest BCUT2D eigenvalue weighted by Gasteiger charge is -2.27. The molecule has 0 bridgehead atoms. The van der Waals surface area contributed by atoms with Gasteiger partial charge in [0.05, 0.1) is 18.4 Å². The van der Waals surface area contributed by atoms with Gasteiger partial charge in [-0.05, 0) is 49.6 Å². The minimum Gasteiger partial charge on any atom is -0.456 e. The second-order valence-electron chi connectivity index (χ2n) is 6.56. The van der Waals surface area contributed by atoms with E-state index in [1.165, 1.54) is 0 Å². The van der Waals surface area contributed by atoms with E-state index in [2.05, 4.69) is 21.4 Å². The van der Waals surface area contributed by atoms with Gasteiger partial charge in [-0.2, -0.15) is 0 Å². The van der Waals surface area contributed by atoms with Crippen molar-refractivity contribution in [3.8, 4) is 11.8 Å². The first-order valence-corrected chi connectivity index (χ1v) is 9.07. The highest BCUT2D eigenvalue weighted by atomic mass is 35.5. The van der Waals surface area contributed by atoms with Gasteiger partial charge in [0.15, 0.2) is 11.6 Å². The van der Waals surface area contributed by atoms with Gasteiger partial charge in [0.25, 0.3) is 5.91 Å². The normalized spacial score (nSPS) is 13.1. The minimum atomic E-state index is -0.0924. The fraction of sp³-hybridized carbons (Fsp3) is 0.238. The van der Waals surface area contributed by atoms with E-state index >= 15 is 0 Å². The summed E-state index contributed by atoms with van der Waals surface area (Å²) in [7, 11) is 0. The fourth-order valence-corrected chi connectivity index (χ4v) is 3.27. The van der Waals surface area contributed by atoms with Gasteiger partial charge in [-0.3, -0.25) is 4.79 Å². The highest BCUT2D eigenvalue weighted by molar-refractivity contribution is 6.30. The van der Waals surface area contributed by atoms with Crippen LogP contribution in [0.25, 0.3) is 0 Å². The Kier molecular flexibility index (Phi) is 4.51. The average molecular weight is 380 g/mol. The van der Waals surface area contributed by atoms with Gasteiger partial charge >= 0.3 is 0 Å². The Morgan fingerprint density at radius 2 is 2.07 bits per heavy atom. The highest BCUT2D eigenvalue weighted by Gasteiger charge is 2.25. The first kappa shape index (κ1) is 17.4. The van der Waals surface area contributed by atoms with Gasteiger partial charge in [-0.15, -0.1) is 0 Å². The van der Waals surface area contributed by atoms with Crippen LogP contribution in [0.2, 0.25) is 5.02 Å². The zero-order valence-electron chi connectivity index (χ0n) is 15.1. The molecule has 4 rings (SSSR count). The largest absolute Gasteiger partial charge is 0.456 e. The lowest BCUT2D eigenvalue weighted by molar-refractivity contribution is 0.0677. The molecule has 0 aliphatic carbocycles. The molecule has 0 saturated heterocycles. The number of nitrogens with zero attached hydrogens (tertiary/aromatic N) is 3. The Morgan fingerprint density at radius 1 is 1.22 bits per heavy atom. The molecule has 0 spiro atoms. The maximum atomic E-state index is 12.7. The predicted octanol–water partition coefficient (Wildman–Crippen LogP) is 3.80. The molecule has 0 unspecified atom stereocenters. The number of rotatable bonds is 1. The summed E-state index contributed by atoms with van der Waals surface area (Å²) >= 11 is 5.99.